The second-order valence-corrected chi connectivity index (χ2v) is 9.88. The lowest BCUT2D eigenvalue weighted by Gasteiger charge is -2.13. The Labute approximate surface area is 200 Å². The number of fused-ring (bicyclic) bond motifs is 2. The van der Waals surface area contributed by atoms with Crippen molar-refractivity contribution in [3.05, 3.63) is 70.9 Å². The monoisotopic (exact) mass is 475 g/mol. The van der Waals surface area contributed by atoms with Crippen LogP contribution in [0.4, 0.5) is 0 Å². The van der Waals surface area contributed by atoms with Crippen molar-refractivity contribution >= 4 is 50.0 Å². The van der Waals surface area contributed by atoms with Gasteiger partial charge in [-0.1, -0.05) is 23.7 Å². The SMILES string of the molecule is Cc1cc2nc(-c3ccc4c(cnn4C(C)C)c3)sc2c(-c2ccc(Cl)cc2)c1CC(=O)O. The molecule has 7 heteroatoms. The predicted octanol–water partition coefficient (Wildman–Crippen LogP) is 7.15. The van der Waals surface area contributed by atoms with Gasteiger partial charge >= 0.3 is 5.97 Å². The second kappa shape index (κ2) is 8.28. The molecule has 0 bridgehead atoms. The Balaban J connectivity index is 1.72. The van der Waals surface area contributed by atoms with Gasteiger partial charge in [0.15, 0.2) is 0 Å². The number of aryl methyl sites for hydroxylation is 1. The molecule has 0 unspecified atom stereocenters. The summed E-state index contributed by atoms with van der Waals surface area (Å²) in [5, 5.41) is 16.7. The van der Waals surface area contributed by atoms with Crippen molar-refractivity contribution in [2.24, 2.45) is 0 Å². The summed E-state index contributed by atoms with van der Waals surface area (Å²) in [5.41, 5.74) is 6.56. The first-order chi connectivity index (χ1) is 15.8. The van der Waals surface area contributed by atoms with E-state index in [9.17, 15) is 9.90 Å². The third kappa shape index (κ3) is 3.90. The lowest BCUT2D eigenvalue weighted by molar-refractivity contribution is -0.136. The van der Waals surface area contributed by atoms with Crippen LogP contribution < -0.4 is 0 Å². The molecule has 5 rings (SSSR count). The Morgan fingerprint density at radius 1 is 1.12 bits per heavy atom. The highest BCUT2D eigenvalue weighted by Crippen LogP contribution is 2.41. The van der Waals surface area contributed by atoms with E-state index in [2.05, 4.69) is 37.1 Å². The minimum atomic E-state index is -0.856. The number of carboxylic acid groups (broad SMARTS) is 1. The number of hydrogen-bond acceptors (Lipinski definition) is 4. The number of thiazole rings is 1. The van der Waals surface area contributed by atoms with Gasteiger partial charge in [0, 0.05) is 27.6 Å². The van der Waals surface area contributed by atoms with E-state index in [0.29, 0.717) is 5.02 Å². The van der Waals surface area contributed by atoms with Gasteiger partial charge in [0.05, 0.1) is 28.4 Å². The summed E-state index contributed by atoms with van der Waals surface area (Å²) >= 11 is 7.70. The molecule has 2 aromatic heterocycles. The Hall–Kier alpha value is -3.22. The number of nitrogens with zero attached hydrogens (tertiary/aromatic N) is 3. The standard InChI is InChI=1S/C26H22ClN3O2S/c1-14(2)30-22-9-6-17(11-18(22)13-28-30)26-29-21-10-15(3)20(12-23(31)32)24(25(21)33-26)16-4-7-19(27)8-5-16/h4-11,13-14H,12H2,1-3H3,(H,31,32). The number of hydrogen-bond donors (Lipinski definition) is 1. The van der Waals surface area contributed by atoms with Gasteiger partial charge in [0.2, 0.25) is 0 Å². The van der Waals surface area contributed by atoms with Gasteiger partial charge in [-0.3, -0.25) is 9.48 Å². The molecular formula is C26H22ClN3O2S. The third-order valence-electron chi connectivity index (χ3n) is 5.80. The van der Waals surface area contributed by atoms with Crippen molar-refractivity contribution < 1.29 is 9.90 Å². The summed E-state index contributed by atoms with van der Waals surface area (Å²) in [6.45, 7) is 6.18. The van der Waals surface area contributed by atoms with E-state index in [-0.39, 0.29) is 12.5 Å². The molecule has 2 heterocycles. The Kier molecular flexibility index (Phi) is 5.43. The van der Waals surface area contributed by atoms with E-state index in [4.69, 9.17) is 16.6 Å². The molecule has 33 heavy (non-hydrogen) atoms. The number of halogens is 1. The molecule has 0 radical (unpaired) electrons. The molecule has 0 fully saturated rings. The van der Waals surface area contributed by atoms with Gasteiger partial charge in [-0.15, -0.1) is 11.3 Å². The molecule has 0 saturated carbocycles. The van der Waals surface area contributed by atoms with Gasteiger partial charge in [-0.05, 0) is 73.9 Å². The number of rotatable bonds is 5. The van der Waals surface area contributed by atoms with Crippen LogP contribution in [0.15, 0.2) is 54.7 Å². The molecule has 0 aliphatic heterocycles. The van der Waals surface area contributed by atoms with Crippen LogP contribution in [0.1, 0.15) is 31.0 Å². The highest BCUT2D eigenvalue weighted by atomic mass is 35.5. The Morgan fingerprint density at radius 3 is 2.55 bits per heavy atom. The van der Waals surface area contributed by atoms with Gasteiger partial charge in [0.1, 0.15) is 5.01 Å². The lowest BCUT2D eigenvalue weighted by Crippen LogP contribution is -2.04. The van der Waals surface area contributed by atoms with Crippen molar-refractivity contribution in [3.8, 4) is 21.7 Å². The zero-order chi connectivity index (χ0) is 23.3. The topological polar surface area (TPSA) is 68.0 Å². The number of benzene rings is 3. The molecule has 0 aliphatic carbocycles. The molecule has 0 atom stereocenters. The van der Waals surface area contributed by atoms with Crippen molar-refractivity contribution in [1.29, 1.82) is 0 Å². The van der Waals surface area contributed by atoms with Crippen LogP contribution in [0, 0.1) is 6.92 Å². The van der Waals surface area contributed by atoms with Crippen LogP contribution in [0.3, 0.4) is 0 Å². The van der Waals surface area contributed by atoms with Crippen molar-refractivity contribution in [3.63, 3.8) is 0 Å². The van der Waals surface area contributed by atoms with Crippen LogP contribution >= 0.6 is 22.9 Å². The Morgan fingerprint density at radius 2 is 1.85 bits per heavy atom. The summed E-state index contributed by atoms with van der Waals surface area (Å²) in [4.78, 5) is 16.6. The lowest BCUT2D eigenvalue weighted by atomic mass is 9.93. The van der Waals surface area contributed by atoms with Gasteiger partial charge in [0.25, 0.3) is 0 Å². The third-order valence-corrected chi connectivity index (χ3v) is 7.19. The van der Waals surface area contributed by atoms with E-state index < -0.39 is 5.97 Å². The van der Waals surface area contributed by atoms with E-state index >= 15 is 0 Å². The summed E-state index contributed by atoms with van der Waals surface area (Å²) < 4.78 is 2.99. The molecule has 5 nitrogen and oxygen atoms in total. The minimum absolute atomic E-state index is 0.0483. The van der Waals surface area contributed by atoms with Gasteiger partial charge < -0.3 is 5.11 Å². The number of carbonyl (C=O) groups is 1. The van der Waals surface area contributed by atoms with Crippen LogP contribution in [-0.4, -0.2) is 25.8 Å². The molecule has 166 valence electrons. The maximum absolute atomic E-state index is 11.7. The second-order valence-electron chi connectivity index (χ2n) is 8.45. The molecular weight excluding hydrogens is 454 g/mol. The number of aromatic nitrogens is 3. The van der Waals surface area contributed by atoms with Gasteiger partial charge in [-0.2, -0.15) is 5.10 Å². The molecule has 5 aromatic rings. The summed E-state index contributed by atoms with van der Waals surface area (Å²) in [5.74, 6) is -0.856. The fraction of sp³-hybridized carbons (Fsp3) is 0.192. The molecule has 3 aromatic carbocycles. The predicted molar refractivity (Wildman–Crippen MR) is 135 cm³/mol. The first-order valence-corrected chi connectivity index (χ1v) is 11.9. The van der Waals surface area contributed by atoms with Crippen LogP contribution in [0.5, 0.6) is 0 Å². The highest BCUT2D eigenvalue weighted by Gasteiger charge is 2.20. The average Bonchev–Trinajstić information content (AvgIpc) is 3.38. The molecule has 0 aliphatic rings. The van der Waals surface area contributed by atoms with Crippen LogP contribution in [-0.2, 0) is 11.2 Å². The molecule has 0 amide bonds. The maximum Gasteiger partial charge on any atom is 0.307 e. The summed E-state index contributed by atoms with van der Waals surface area (Å²) in [6.07, 6.45) is 1.84. The summed E-state index contributed by atoms with van der Waals surface area (Å²) in [7, 11) is 0. The minimum Gasteiger partial charge on any atom is -0.481 e. The quantitative estimate of drug-likeness (QED) is 0.293. The highest BCUT2D eigenvalue weighted by molar-refractivity contribution is 7.22. The maximum atomic E-state index is 11.7. The first kappa shape index (κ1) is 21.6. The molecule has 0 spiro atoms. The first-order valence-electron chi connectivity index (χ1n) is 10.7. The van der Waals surface area contributed by atoms with Crippen LogP contribution in [0.2, 0.25) is 5.02 Å². The fourth-order valence-corrected chi connectivity index (χ4v) is 5.52. The fourth-order valence-electron chi connectivity index (χ4n) is 4.26. The zero-order valence-corrected chi connectivity index (χ0v) is 20.0. The van der Waals surface area contributed by atoms with E-state index in [0.717, 1.165) is 53.9 Å². The van der Waals surface area contributed by atoms with Crippen molar-refractivity contribution in [2.45, 2.75) is 33.2 Å². The number of aliphatic carboxylic acids is 1. The largest absolute Gasteiger partial charge is 0.481 e. The average molecular weight is 476 g/mol. The van der Waals surface area contributed by atoms with E-state index in [1.165, 1.54) is 0 Å². The molecule has 1 N–H and O–H groups in total. The van der Waals surface area contributed by atoms with Crippen molar-refractivity contribution in [2.75, 3.05) is 0 Å². The van der Waals surface area contributed by atoms with Gasteiger partial charge in [-0.25, -0.2) is 4.98 Å². The summed E-state index contributed by atoms with van der Waals surface area (Å²) in [6, 6.07) is 16.1. The number of carboxylic acids is 1. The van der Waals surface area contributed by atoms with Crippen molar-refractivity contribution in [1.82, 2.24) is 14.8 Å². The van der Waals surface area contributed by atoms with Crippen LogP contribution in [0.25, 0.3) is 42.8 Å². The van der Waals surface area contributed by atoms with E-state index in [1.807, 2.05) is 48.1 Å². The normalized spacial score (nSPS) is 11.7. The molecule has 0 saturated heterocycles. The smallest absolute Gasteiger partial charge is 0.307 e. The Bertz CT molecular complexity index is 1520. The zero-order valence-electron chi connectivity index (χ0n) is 18.5. The van der Waals surface area contributed by atoms with E-state index in [1.54, 1.807) is 11.3 Å².